The van der Waals surface area contributed by atoms with Gasteiger partial charge in [0.1, 0.15) is 11.3 Å². The fourth-order valence-corrected chi connectivity index (χ4v) is 3.23. The number of fused-ring (bicyclic) bond motifs is 1. The number of furan rings is 1. The molecule has 6 heteroatoms. The minimum atomic E-state index is 0.0355. The Morgan fingerprint density at radius 2 is 2.11 bits per heavy atom. The van der Waals surface area contributed by atoms with Crippen LogP contribution in [0.25, 0.3) is 11.0 Å². The Morgan fingerprint density at radius 1 is 1.30 bits per heavy atom. The van der Waals surface area contributed by atoms with Gasteiger partial charge in [0.15, 0.2) is 5.96 Å². The fraction of sp³-hybridized carbons (Fsp3) is 0.571. The highest BCUT2D eigenvalue weighted by molar-refractivity contribution is 5.81. The topological polar surface area (TPSA) is 68.0 Å². The Balaban J connectivity index is 1.35. The van der Waals surface area contributed by atoms with E-state index >= 15 is 0 Å². The first-order chi connectivity index (χ1) is 13.3. The molecule has 1 atom stereocenters. The molecule has 1 unspecified atom stereocenters. The van der Waals surface area contributed by atoms with Gasteiger partial charge in [0, 0.05) is 45.4 Å². The van der Waals surface area contributed by atoms with Crippen LogP contribution >= 0.6 is 0 Å². The van der Waals surface area contributed by atoms with E-state index in [0.29, 0.717) is 5.92 Å². The lowest BCUT2D eigenvalue weighted by Crippen LogP contribution is -2.39. The van der Waals surface area contributed by atoms with E-state index in [9.17, 15) is 0 Å². The molecule has 1 aliphatic heterocycles. The molecular formula is C21H31N3O3. The lowest BCUT2D eigenvalue weighted by molar-refractivity contribution is 0.0203. The number of rotatable bonds is 8. The molecule has 6 nitrogen and oxygen atoms in total. The second-order valence-corrected chi connectivity index (χ2v) is 7.04. The van der Waals surface area contributed by atoms with Gasteiger partial charge in [-0.15, -0.1) is 0 Å². The Bertz CT molecular complexity index is 689. The van der Waals surface area contributed by atoms with Gasteiger partial charge in [0.25, 0.3) is 0 Å². The zero-order valence-electron chi connectivity index (χ0n) is 16.4. The molecule has 2 N–H and O–H groups in total. The van der Waals surface area contributed by atoms with Gasteiger partial charge in [0.05, 0.1) is 6.04 Å². The highest BCUT2D eigenvalue weighted by Gasteiger charge is 2.14. The maximum Gasteiger partial charge on any atom is 0.191 e. The van der Waals surface area contributed by atoms with Crippen LogP contribution in [0.2, 0.25) is 0 Å². The third-order valence-corrected chi connectivity index (χ3v) is 4.90. The van der Waals surface area contributed by atoms with Gasteiger partial charge in [-0.3, -0.25) is 4.99 Å². The molecule has 2 heterocycles. The largest absolute Gasteiger partial charge is 0.459 e. The maximum atomic E-state index is 5.92. The zero-order chi connectivity index (χ0) is 18.9. The van der Waals surface area contributed by atoms with Crippen LogP contribution < -0.4 is 10.6 Å². The van der Waals surface area contributed by atoms with Crippen LogP contribution in [0.3, 0.4) is 0 Å². The summed E-state index contributed by atoms with van der Waals surface area (Å²) >= 11 is 0. The van der Waals surface area contributed by atoms with E-state index in [1.54, 1.807) is 7.05 Å². The number of benzene rings is 1. The van der Waals surface area contributed by atoms with Gasteiger partial charge in [-0.2, -0.15) is 0 Å². The molecule has 1 saturated heterocycles. The zero-order valence-corrected chi connectivity index (χ0v) is 16.4. The quantitative estimate of drug-likeness (QED) is 0.421. The molecular weight excluding hydrogens is 342 g/mol. The Labute approximate surface area is 161 Å². The normalized spacial score (nSPS) is 17.2. The average Bonchev–Trinajstić information content (AvgIpc) is 3.14. The van der Waals surface area contributed by atoms with Gasteiger partial charge in [-0.25, -0.2) is 0 Å². The van der Waals surface area contributed by atoms with E-state index in [4.69, 9.17) is 13.9 Å². The molecule has 1 aromatic carbocycles. The van der Waals surface area contributed by atoms with Gasteiger partial charge >= 0.3 is 0 Å². The number of ether oxygens (including phenoxy) is 2. The van der Waals surface area contributed by atoms with Gasteiger partial charge in [-0.1, -0.05) is 18.2 Å². The van der Waals surface area contributed by atoms with Crippen LogP contribution in [-0.2, 0) is 9.47 Å². The third kappa shape index (κ3) is 5.97. The predicted octanol–water partition coefficient (Wildman–Crippen LogP) is 3.49. The SMILES string of the molecule is CN=C(NCCCOCC1CCOCC1)NC(C)c1cc2ccccc2o1. The van der Waals surface area contributed by atoms with E-state index in [-0.39, 0.29) is 6.04 Å². The Kier molecular flexibility index (Phi) is 7.54. The number of aliphatic imine (C=N–C) groups is 1. The van der Waals surface area contributed by atoms with E-state index in [2.05, 4.69) is 34.7 Å². The molecule has 27 heavy (non-hydrogen) atoms. The van der Waals surface area contributed by atoms with Crippen LogP contribution in [0.4, 0.5) is 0 Å². The minimum Gasteiger partial charge on any atom is -0.459 e. The molecule has 0 aliphatic carbocycles. The van der Waals surface area contributed by atoms with E-state index in [1.807, 2.05) is 18.2 Å². The summed E-state index contributed by atoms with van der Waals surface area (Å²) in [7, 11) is 1.78. The van der Waals surface area contributed by atoms with E-state index in [0.717, 1.165) is 74.9 Å². The first-order valence-electron chi connectivity index (χ1n) is 9.87. The fourth-order valence-electron chi connectivity index (χ4n) is 3.23. The van der Waals surface area contributed by atoms with Gasteiger partial charge in [-0.05, 0) is 44.2 Å². The first-order valence-corrected chi connectivity index (χ1v) is 9.87. The molecule has 0 radical (unpaired) electrons. The summed E-state index contributed by atoms with van der Waals surface area (Å²) in [5, 5.41) is 7.83. The molecule has 1 aromatic heterocycles. The molecule has 0 spiro atoms. The van der Waals surface area contributed by atoms with E-state index < -0.39 is 0 Å². The summed E-state index contributed by atoms with van der Waals surface area (Å²) in [4.78, 5) is 4.30. The molecule has 1 aliphatic rings. The smallest absolute Gasteiger partial charge is 0.191 e. The monoisotopic (exact) mass is 373 g/mol. The van der Waals surface area contributed by atoms with Crippen molar-refractivity contribution >= 4 is 16.9 Å². The number of hydrogen-bond donors (Lipinski definition) is 2. The van der Waals surface area contributed by atoms with Gasteiger partial charge < -0.3 is 24.5 Å². The van der Waals surface area contributed by atoms with Crippen LogP contribution in [0, 0.1) is 5.92 Å². The number of hydrogen-bond acceptors (Lipinski definition) is 4. The van der Waals surface area contributed by atoms with Crippen molar-refractivity contribution in [2.75, 3.05) is 40.0 Å². The molecule has 1 fully saturated rings. The second-order valence-electron chi connectivity index (χ2n) is 7.04. The van der Waals surface area contributed by atoms with Crippen LogP contribution in [0.15, 0.2) is 39.7 Å². The number of para-hydroxylation sites is 1. The van der Waals surface area contributed by atoms with Crippen molar-refractivity contribution in [3.8, 4) is 0 Å². The number of guanidine groups is 1. The molecule has 0 bridgehead atoms. The van der Waals surface area contributed by atoms with E-state index in [1.165, 1.54) is 0 Å². The molecule has 3 rings (SSSR count). The molecule has 0 saturated carbocycles. The molecule has 2 aromatic rings. The minimum absolute atomic E-state index is 0.0355. The summed E-state index contributed by atoms with van der Waals surface area (Å²) in [6.07, 6.45) is 3.19. The van der Waals surface area contributed by atoms with Crippen LogP contribution in [0.1, 0.15) is 38.0 Å². The summed E-state index contributed by atoms with van der Waals surface area (Å²) in [6, 6.07) is 10.2. The summed E-state index contributed by atoms with van der Waals surface area (Å²) in [6.45, 7) is 6.25. The Hall–Kier alpha value is -2.05. The van der Waals surface area contributed by atoms with Crippen molar-refractivity contribution in [2.24, 2.45) is 10.9 Å². The molecule has 148 valence electrons. The number of nitrogens with one attached hydrogen (secondary N) is 2. The van der Waals surface area contributed by atoms with Crippen molar-refractivity contribution in [1.82, 2.24) is 10.6 Å². The second kappa shape index (κ2) is 10.3. The summed E-state index contributed by atoms with van der Waals surface area (Å²) in [5.41, 5.74) is 0.908. The van der Waals surface area contributed by atoms with Crippen molar-refractivity contribution in [3.05, 3.63) is 36.1 Å². The van der Waals surface area contributed by atoms with Crippen molar-refractivity contribution in [2.45, 2.75) is 32.2 Å². The summed E-state index contributed by atoms with van der Waals surface area (Å²) in [5.74, 6) is 2.33. The maximum absolute atomic E-state index is 5.92. The highest BCUT2D eigenvalue weighted by Crippen LogP contribution is 2.23. The van der Waals surface area contributed by atoms with Crippen LogP contribution in [-0.4, -0.2) is 46.0 Å². The lowest BCUT2D eigenvalue weighted by Gasteiger charge is -2.21. The predicted molar refractivity (Wildman–Crippen MR) is 108 cm³/mol. The first kappa shape index (κ1) is 19.7. The Morgan fingerprint density at radius 3 is 2.89 bits per heavy atom. The van der Waals surface area contributed by atoms with Crippen molar-refractivity contribution in [3.63, 3.8) is 0 Å². The number of nitrogens with zero attached hydrogens (tertiary/aromatic N) is 1. The third-order valence-electron chi connectivity index (χ3n) is 4.90. The van der Waals surface area contributed by atoms with Crippen molar-refractivity contribution in [1.29, 1.82) is 0 Å². The van der Waals surface area contributed by atoms with Crippen LogP contribution in [0.5, 0.6) is 0 Å². The summed E-state index contributed by atoms with van der Waals surface area (Å²) < 4.78 is 17.1. The average molecular weight is 373 g/mol. The van der Waals surface area contributed by atoms with Crippen molar-refractivity contribution < 1.29 is 13.9 Å². The standard InChI is InChI=1S/C21H31N3O3/c1-16(20-14-18-6-3-4-7-19(18)27-20)24-21(22-2)23-10-5-11-26-15-17-8-12-25-13-9-17/h3-4,6-7,14,16-17H,5,8-13,15H2,1-2H3,(H2,22,23,24). The molecule has 0 amide bonds. The van der Waals surface area contributed by atoms with Gasteiger partial charge in [0.2, 0.25) is 0 Å². The highest BCUT2D eigenvalue weighted by atomic mass is 16.5. The lowest BCUT2D eigenvalue weighted by atomic mass is 10.0.